The van der Waals surface area contributed by atoms with E-state index in [4.69, 9.17) is 0 Å². The Hall–Kier alpha value is 2.20. The van der Waals surface area contributed by atoms with E-state index in [0.29, 0.717) is 0 Å². The summed E-state index contributed by atoms with van der Waals surface area (Å²) < 4.78 is 5.33. The summed E-state index contributed by atoms with van der Waals surface area (Å²) in [6.45, 7) is 39.1. The first-order chi connectivity index (χ1) is 12.2. The summed E-state index contributed by atoms with van der Waals surface area (Å²) >= 11 is -3.01. The summed E-state index contributed by atoms with van der Waals surface area (Å²) in [5, 5.41) is 0. The molecule has 6 heteroatoms. The van der Waals surface area contributed by atoms with Gasteiger partial charge in [0.2, 0.25) is 0 Å². The molecule has 0 aromatic carbocycles. The first-order valence-electron chi connectivity index (χ1n) is 11.6. The van der Waals surface area contributed by atoms with Crippen LogP contribution in [0.15, 0.2) is 11.1 Å². The van der Waals surface area contributed by atoms with Gasteiger partial charge in [-0.25, -0.2) is 0 Å². The Morgan fingerprint density at radius 1 is 0.536 bits per heavy atom. The van der Waals surface area contributed by atoms with Crippen molar-refractivity contribution in [1.82, 2.24) is 0 Å². The summed E-state index contributed by atoms with van der Waals surface area (Å²) in [5.74, 6) is 0. The molecule has 0 atom stereocenters. The van der Waals surface area contributed by atoms with E-state index >= 15 is 0 Å². The number of allylic oxidation sites excluding steroid dienone is 2. The number of hydrogen-bond acceptors (Lipinski definition) is 0. The van der Waals surface area contributed by atoms with Gasteiger partial charge >= 0.3 is 193 Å². The number of rotatable bonds is 4. The second-order valence-corrected chi connectivity index (χ2v) is 77.9. The maximum absolute atomic E-state index is 2.84. The fourth-order valence-electron chi connectivity index (χ4n) is 8.02. The molecule has 2 aliphatic heterocycles. The van der Waals surface area contributed by atoms with Crippen molar-refractivity contribution in [3.8, 4) is 0 Å². The van der Waals surface area contributed by atoms with E-state index in [1.807, 2.05) is 11.1 Å². The Kier molecular flexibility index (Phi) is 7.47. The predicted molar refractivity (Wildman–Crippen MR) is 147 cm³/mol. The zero-order valence-corrected chi connectivity index (χ0v) is 31.5. The van der Waals surface area contributed by atoms with Crippen LogP contribution in [0.3, 0.4) is 0 Å². The van der Waals surface area contributed by atoms with Crippen LogP contribution in [-0.2, 0) is 0 Å². The molecule has 162 valence electrons. The Bertz CT molecular complexity index is 621. The Morgan fingerprint density at radius 2 is 0.786 bits per heavy atom. The van der Waals surface area contributed by atoms with Gasteiger partial charge in [0.25, 0.3) is 0 Å². The van der Waals surface area contributed by atoms with Gasteiger partial charge in [-0.2, -0.15) is 0 Å². The van der Waals surface area contributed by atoms with Crippen LogP contribution in [0.25, 0.3) is 0 Å². The fraction of sp³-hybridized carbons (Fsp3) is 0.909. The summed E-state index contributed by atoms with van der Waals surface area (Å²) in [4.78, 5) is 0. The van der Waals surface area contributed by atoms with Crippen molar-refractivity contribution in [3.05, 3.63) is 11.1 Å². The van der Waals surface area contributed by atoms with E-state index in [1.54, 1.807) is 21.7 Å². The van der Waals surface area contributed by atoms with E-state index in [1.165, 1.54) is 0 Å². The van der Waals surface area contributed by atoms with Gasteiger partial charge in [-0.1, -0.05) is 0 Å². The van der Waals surface area contributed by atoms with Crippen LogP contribution in [0.2, 0.25) is 92.8 Å². The fourth-order valence-corrected chi connectivity index (χ4v) is 244. The normalized spacial score (nSPS) is 23.8. The maximum atomic E-state index is 2.84. The molecule has 0 aromatic rings. The van der Waals surface area contributed by atoms with Crippen molar-refractivity contribution >= 4 is 62.6 Å². The minimum atomic E-state index is -1.64. The quantitative estimate of drug-likeness (QED) is 0.210. The zero-order valence-electron chi connectivity index (χ0n) is 21.8. The molecule has 0 saturated carbocycles. The second kappa shape index (κ2) is 7.91. The molecule has 28 heavy (non-hydrogen) atoms. The molecule has 1 fully saturated rings. The topological polar surface area (TPSA) is 0 Å². The zero-order chi connectivity index (χ0) is 22.1. The third kappa shape index (κ3) is 3.90. The predicted octanol–water partition coefficient (Wildman–Crippen LogP) is 8.19. The van der Waals surface area contributed by atoms with E-state index in [0.717, 1.165) is 5.35 Å². The monoisotopic (exact) mass is 666 g/mol. The summed E-state index contributed by atoms with van der Waals surface area (Å²) in [6.07, 6.45) is 3.40. The first kappa shape index (κ1) is 26.5. The molecule has 0 amide bonds. The molecule has 0 unspecified atom stereocenters. The van der Waals surface area contributed by atoms with E-state index in [2.05, 4.69) is 92.4 Å². The van der Waals surface area contributed by atoms with Crippen LogP contribution in [0.1, 0.15) is 26.7 Å². The Morgan fingerprint density at radius 3 is 1.00 bits per heavy atom. The molecule has 0 nitrogen and oxygen atoms in total. The van der Waals surface area contributed by atoms with Gasteiger partial charge in [-0.3, -0.25) is 0 Å². The van der Waals surface area contributed by atoms with Crippen molar-refractivity contribution < 1.29 is 0 Å². The van der Waals surface area contributed by atoms with E-state index in [-0.39, 0.29) is 0 Å². The van der Waals surface area contributed by atoms with Crippen LogP contribution < -0.4 is 0 Å². The molecule has 0 bridgehead atoms. The molecular formula is C22H50Si4Sn2. The van der Waals surface area contributed by atoms with Crippen LogP contribution in [-0.4, -0.2) is 62.6 Å². The Labute approximate surface area is 191 Å². The van der Waals surface area contributed by atoms with Crippen LogP contribution in [0, 0.1) is 0 Å². The SMILES string of the molecule is CC1=C(C)[CH2][Sn](=[Sn]2[C]([Si](C)(C)C)([Si](C)(C)C)CC[C]2([Si](C)(C)C)[Si](C)(C)C)[CH2]1. The Balaban J connectivity index is 3.03. The van der Waals surface area contributed by atoms with Crippen molar-refractivity contribution in [3.63, 3.8) is 0 Å². The van der Waals surface area contributed by atoms with Crippen molar-refractivity contribution in [2.45, 2.75) is 119 Å². The van der Waals surface area contributed by atoms with Crippen LogP contribution in [0.5, 0.6) is 0 Å². The van der Waals surface area contributed by atoms with E-state index < -0.39 is 62.6 Å². The van der Waals surface area contributed by atoms with Crippen LogP contribution in [0.4, 0.5) is 0 Å². The molecule has 2 heterocycles. The van der Waals surface area contributed by atoms with Gasteiger partial charge in [0, 0.05) is 0 Å². The summed E-state index contributed by atoms with van der Waals surface area (Å²) in [7, 11) is -4.83. The molecule has 0 N–H and O–H groups in total. The average molecular weight is 664 g/mol. The molecule has 0 radical (unpaired) electrons. The molecule has 2 rings (SSSR count). The third-order valence-electron chi connectivity index (χ3n) is 8.89. The van der Waals surface area contributed by atoms with Gasteiger partial charge in [0.15, 0.2) is 0 Å². The minimum absolute atomic E-state index is 0.975. The van der Waals surface area contributed by atoms with Crippen molar-refractivity contribution in [1.29, 1.82) is 0 Å². The average Bonchev–Trinajstić information content (AvgIpc) is 2.95. The standard InChI is InChI=1S/C16H40Si4.C6H10.2Sn/c1-17(2,3)15(18(4,5)6)13-14-16(19(7,8)9)20(10,11)12;1-5(2)6(3)4;;/h13-14H2,1-12H3;1,3H2,2,4H3;;. The van der Waals surface area contributed by atoms with E-state index in [9.17, 15) is 0 Å². The summed E-state index contributed by atoms with van der Waals surface area (Å²) in [5.41, 5.74) is 3.74. The van der Waals surface area contributed by atoms with Crippen molar-refractivity contribution in [2.24, 2.45) is 0 Å². The van der Waals surface area contributed by atoms with Gasteiger partial charge in [0.1, 0.15) is 0 Å². The van der Waals surface area contributed by atoms with Crippen molar-refractivity contribution in [2.75, 3.05) is 0 Å². The van der Waals surface area contributed by atoms with Gasteiger partial charge in [-0.15, -0.1) is 0 Å². The van der Waals surface area contributed by atoms with Crippen LogP contribution >= 0.6 is 0 Å². The molecular weight excluding hydrogens is 614 g/mol. The molecule has 0 spiro atoms. The summed E-state index contributed by atoms with van der Waals surface area (Å²) in [6, 6.07) is 0. The van der Waals surface area contributed by atoms with Gasteiger partial charge < -0.3 is 0 Å². The molecule has 0 aromatic heterocycles. The molecule has 0 aliphatic carbocycles. The first-order valence-corrected chi connectivity index (χ1v) is 43.5. The molecule has 2 aliphatic rings. The molecule has 1 saturated heterocycles. The van der Waals surface area contributed by atoms with Gasteiger partial charge in [-0.05, 0) is 0 Å². The van der Waals surface area contributed by atoms with Gasteiger partial charge in [0.05, 0.1) is 0 Å². The number of hydrogen-bond donors (Lipinski definition) is 0. The third-order valence-corrected chi connectivity index (χ3v) is 131. The second-order valence-electron chi connectivity index (χ2n) is 14.2.